The zero-order valence-electron chi connectivity index (χ0n) is 12.1. The summed E-state index contributed by atoms with van der Waals surface area (Å²) in [6.07, 6.45) is 4.03. The molecule has 0 aliphatic heterocycles. The number of aliphatic hydroxyl groups excluding tert-OH is 1. The predicted octanol–water partition coefficient (Wildman–Crippen LogP) is 1.76. The quantitative estimate of drug-likeness (QED) is 0.704. The van der Waals surface area contributed by atoms with Crippen molar-refractivity contribution in [3.63, 3.8) is 0 Å². The third-order valence-electron chi connectivity index (χ3n) is 3.47. The van der Waals surface area contributed by atoms with Crippen molar-refractivity contribution in [3.05, 3.63) is 18.0 Å². The summed E-state index contributed by atoms with van der Waals surface area (Å²) in [5.41, 5.74) is 6.55. The molecule has 4 N–H and O–H groups in total. The molecule has 108 valence electrons. The van der Waals surface area contributed by atoms with Crippen LogP contribution in [0.2, 0.25) is 0 Å². The predicted molar refractivity (Wildman–Crippen MR) is 77.0 cm³/mol. The number of amides is 1. The van der Waals surface area contributed by atoms with Crippen molar-refractivity contribution in [2.45, 2.75) is 52.1 Å². The first kappa shape index (κ1) is 15.6. The van der Waals surface area contributed by atoms with E-state index < -0.39 is 0 Å². The second-order valence-electron chi connectivity index (χ2n) is 5.19. The van der Waals surface area contributed by atoms with Gasteiger partial charge in [0.2, 0.25) is 0 Å². The Morgan fingerprint density at radius 2 is 2.21 bits per heavy atom. The number of nitrogen functional groups attached to an aromatic ring is 1. The molecule has 1 heterocycles. The number of hydrogen-bond donors (Lipinski definition) is 3. The molecular weight excluding hydrogens is 242 g/mol. The zero-order valence-corrected chi connectivity index (χ0v) is 12.1. The fourth-order valence-corrected chi connectivity index (χ4v) is 2.06. The van der Waals surface area contributed by atoms with Crippen molar-refractivity contribution in [3.8, 4) is 0 Å². The SMILES string of the molecule is CCCn1cc(N)cc1C(=O)NC(C)(CC)CCO. The Labute approximate surface area is 114 Å². The summed E-state index contributed by atoms with van der Waals surface area (Å²) in [5, 5.41) is 12.1. The van der Waals surface area contributed by atoms with Crippen LogP contribution in [0.3, 0.4) is 0 Å². The summed E-state index contributed by atoms with van der Waals surface area (Å²) >= 11 is 0. The minimum absolute atomic E-state index is 0.0583. The number of nitrogens with zero attached hydrogens (tertiary/aromatic N) is 1. The molecule has 5 nitrogen and oxygen atoms in total. The van der Waals surface area contributed by atoms with Crippen molar-refractivity contribution < 1.29 is 9.90 Å². The van der Waals surface area contributed by atoms with E-state index >= 15 is 0 Å². The van der Waals surface area contributed by atoms with E-state index in [-0.39, 0.29) is 18.1 Å². The lowest BCUT2D eigenvalue weighted by Gasteiger charge is -2.29. The third-order valence-corrected chi connectivity index (χ3v) is 3.47. The highest BCUT2D eigenvalue weighted by Crippen LogP contribution is 2.17. The first-order valence-corrected chi connectivity index (χ1v) is 6.84. The van der Waals surface area contributed by atoms with E-state index in [0.29, 0.717) is 17.8 Å². The van der Waals surface area contributed by atoms with E-state index in [0.717, 1.165) is 19.4 Å². The summed E-state index contributed by atoms with van der Waals surface area (Å²) in [4.78, 5) is 12.3. The number of carbonyl (C=O) groups is 1. The lowest BCUT2D eigenvalue weighted by atomic mass is 9.95. The molecule has 0 aliphatic carbocycles. The number of hydrogen-bond acceptors (Lipinski definition) is 3. The van der Waals surface area contributed by atoms with Gasteiger partial charge in [0.15, 0.2) is 0 Å². The topological polar surface area (TPSA) is 80.3 Å². The van der Waals surface area contributed by atoms with Crippen molar-refractivity contribution in [1.29, 1.82) is 0 Å². The van der Waals surface area contributed by atoms with Crippen LogP contribution in [0.25, 0.3) is 0 Å². The van der Waals surface area contributed by atoms with Crippen LogP contribution in [-0.4, -0.2) is 27.7 Å². The molecule has 1 rings (SSSR count). The average Bonchev–Trinajstić information content (AvgIpc) is 2.71. The number of nitrogens with one attached hydrogen (secondary N) is 1. The molecule has 1 aromatic heterocycles. The molecule has 0 bridgehead atoms. The van der Waals surface area contributed by atoms with Gasteiger partial charge < -0.3 is 20.7 Å². The molecule has 1 amide bonds. The standard InChI is InChI=1S/C14H25N3O2/c1-4-7-17-10-11(15)9-12(17)13(19)16-14(3,5-2)6-8-18/h9-10,18H,4-8,15H2,1-3H3,(H,16,19). The Balaban J connectivity index is 2.88. The van der Waals surface area contributed by atoms with E-state index in [2.05, 4.69) is 12.2 Å². The number of nitrogens with two attached hydrogens (primary N) is 1. The minimum atomic E-state index is -0.387. The number of aryl methyl sites for hydroxylation is 1. The van der Waals surface area contributed by atoms with E-state index in [9.17, 15) is 4.79 Å². The maximum Gasteiger partial charge on any atom is 0.268 e. The summed E-state index contributed by atoms with van der Waals surface area (Å²) in [6, 6.07) is 1.69. The molecule has 0 spiro atoms. The van der Waals surface area contributed by atoms with Crippen molar-refractivity contribution in [2.75, 3.05) is 12.3 Å². The lowest BCUT2D eigenvalue weighted by Crippen LogP contribution is -2.46. The number of anilines is 1. The highest BCUT2D eigenvalue weighted by Gasteiger charge is 2.25. The third kappa shape index (κ3) is 3.99. The van der Waals surface area contributed by atoms with Gasteiger partial charge in [-0.2, -0.15) is 0 Å². The maximum absolute atomic E-state index is 12.3. The van der Waals surface area contributed by atoms with Gasteiger partial charge in [-0.25, -0.2) is 0 Å². The Morgan fingerprint density at radius 3 is 2.74 bits per heavy atom. The van der Waals surface area contributed by atoms with E-state index in [1.165, 1.54) is 0 Å². The Bertz CT molecular complexity index is 428. The molecule has 1 unspecified atom stereocenters. The van der Waals surface area contributed by atoms with Crippen molar-refractivity contribution in [1.82, 2.24) is 9.88 Å². The van der Waals surface area contributed by atoms with Gasteiger partial charge >= 0.3 is 0 Å². The Morgan fingerprint density at radius 1 is 1.53 bits per heavy atom. The van der Waals surface area contributed by atoms with Gasteiger partial charge in [0.1, 0.15) is 5.69 Å². The van der Waals surface area contributed by atoms with Crippen LogP contribution in [0.1, 0.15) is 50.5 Å². The van der Waals surface area contributed by atoms with Gasteiger partial charge in [0.05, 0.1) is 5.69 Å². The number of carbonyl (C=O) groups excluding carboxylic acids is 1. The molecule has 5 heteroatoms. The number of aromatic nitrogens is 1. The van der Waals surface area contributed by atoms with Crippen molar-refractivity contribution in [2.24, 2.45) is 0 Å². The number of aliphatic hydroxyl groups is 1. The van der Waals surface area contributed by atoms with Gasteiger partial charge in [0, 0.05) is 24.9 Å². The Kier molecular flexibility index (Phi) is 5.42. The fraction of sp³-hybridized carbons (Fsp3) is 0.643. The first-order chi connectivity index (χ1) is 8.95. The van der Waals surface area contributed by atoms with Crippen molar-refractivity contribution >= 4 is 11.6 Å². The van der Waals surface area contributed by atoms with E-state index in [1.54, 1.807) is 12.3 Å². The second-order valence-corrected chi connectivity index (χ2v) is 5.19. The van der Waals surface area contributed by atoms with Crippen LogP contribution in [0, 0.1) is 0 Å². The minimum Gasteiger partial charge on any atom is -0.397 e. The average molecular weight is 267 g/mol. The summed E-state index contributed by atoms with van der Waals surface area (Å²) in [5.74, 6) is -0.136. The monoisotopic (exact) mass is 267 g/mol. The normalized spacial score (nSPS) is 14.1. The fourth-order valence-electron chi connectivity index (χ4n) is 2.06. The molecule has 19 heavy (non-hydrogen) atoms. The molecule has 0 saturated carbocycles. The Hall–Kier alpha value is -1.49. The highest BCUT2D eigenvalue weighted by molar-refractivity contribution is 5.94. The van der Waals surface area contributed by atoms with Crippen LogP contribution >= 0.6 is 0 Å². The highest BCUT2D eigenvalue weighted by atomic mass is 16.3. The molecule has 0 aliphatic rings. The molecule has 0 radical (unpaired) electrons. The van der Waals surface area contributed by atoms with Gasteiger partial charge in [-0.05, 0) is 32.3 Å². The van der Waals surface area contributed by atoms with E-state index in [4.69, 9.17) is 10.8 Å². The summed E-state index contributed by atoms with van der Waals surface area (Å²) in [6.45, 7) is 6.82. The van der Waals surface area contributed by atoms with Crippen LogP contribution in [-0.2, 0) is 6.54 Å². The first-order valence-electron chi connectivity index (χ1n) is 6.84. The molecule has 0 fully saturated rings. The molecule has 1 aromatic rings. The largest absolute Gasteiger partial charge is 0.397 e. The number of rotatable bonds is 7. The summed E-state index contributed by atoms with van der Waals surface area (Å²) in [7, 11) is 0. The van der Waals surface area contributed by atoms with Gasteiger partial charge in [-0.15, -0.1) is 0 Å². The molecule has 0 saturated heterocycles. The maximum atomic E-state index is 12.3. The smallest absolute Gasteiger partial charge is 0.268 e. The summed E-state index contributed by atoms with van der Waals surface area (Å²) < 4.78 is 1.87. The lowest BCUT2D eigenvalue weighted by molar-refractivity contribution is 0.0876. The molecule has 0 aromatic carbocycles. The van der Waals surface area contributed by atoms with Crippen LogP contribution in [0.5, 0.6) is 0 Å². The van der Waals surface area contributed by atoms with Gasteiger partial charge in [0.25, 0.3) is 5.91 Å². The second kappa shape index (κ2) is 6.61. The van der Waals surface area contributed by atoms with E-state index in [1.807, 2.05) is 18.4 Å². The van der Waals surface area contributed by atoms with Crippen LogP contribution in [0.4, 0.5) is 5.69 Å². The zero-order chi connectivity index (χ0) is 14.5. The molecule has 1 atom stereocenters. The van der Waals surface area contributed by atoms with Gasteiger partial charge in [-0.3, -0.25) is 4.79 Å². The van der Waals surface area contributed by atoms with Gasteiger partial charge in [-0.1, -0.05) is 13.8 Å². The molecular formula is C14H25N3O2. The van der Waals surface area contributed by atoms with Crippen LogP contribution in [0.15, 0.2) is 12.3 Å². The van der Waals surface area contributed by atoms with Crippen LogP contribution < -0.4 is 11.1 Å².